The molecule has 3 aliphatic rings. The van der Waals surface area contributed by atoms with Gasteiger partial charge in [-0.15, -0.1) is 11.3 Å². The highest BCUT2D eigenvalue weighted by atomic mass is 32.1. The number of fused-ring (bicyclic) bond motifs is 3. The molecule has 2 bridgehead atoms. The monoisotopic (exact) mass is 355 g/mol. The lowest BCUT2D eigenvalue weighted by Gasteiger charge is -2.46. The van der Waals surface area contributed by atoms with Crippen molar-refractivity contribution in [2.75, 3.05) is 6.61 Å². The van der Waals surface area contributed by atoms with Crippen molar-refractivity contribution in [3.8, 4) is 10.6 Å². The van der Waals surface area contributed by atoms with Gasteiger partial charge < -0.3 is 14.6 Å². The van der Waals surface area contributed by atoms with Crippen molar-refractivity contribution in [3.05, 3.63) is 34.8 Å². The van der Waals surface area contributed by atoms with Crippen LogP contribution >= 0.6 is 11.3 Å². The molecule has 1 atom stereocenters. The lowest BCUT2D eigenvalue weighted by atomic mass is 9.75. The summed E-state index contributed by atoms with van der Waals surface area (Å²) in [5, 5.41) is 9.81. The Morgan fingerprint density at radius 1 is 1.40 bits per heavy atom. The average molecular weight is 355 g/mol. The number of amides is 1. The first kappa shape index (κ1) is 15.0. The average Bonchev–Trinajstić information content (AvgIpc) is 3.24. The number of hydrogen-bond donors (Lipinski definition) is 1. The molecular weight excluding hydrogens is 338 g/mol. The highest BCUT2D eigenvalue weighted by Crippen LogP contribution is 2.38. The van der Waals surface area contributed by atoms with Gasteiger partial charge in [-0.2, -0.15) is 0 Å². The van der Waals surface area contributed by atoms with Crippen LogP contribution in [0.15, 0.2) is 28.1 Å². The molecule has 2 saturated heterocycles. The van der Waals surface area contributed by atoms with Crippen molar-refractivity contribution in [3.63, 3.8) is 0 Å². The maximum atomic E-state index is 13.0. The summed E-state index contributed by atoms with van der Waals surface area (Å²) < 4.78 is 11.1. The molecule has 7 heteroatoms. The van der Waals surface area contributed by atoms with Crippen LogP contribution in [0.25, 0.3) is 21.7 Å². The summed E-state index contributed by atoms with van der Waals surface area (Å²) >= 11 is 1.58. The second-order valence-electron chi connectivity index (χ2n) is 6.75. The van der Waals surface area contributed by atoms with Crippen LogP contribution in [0.3, 0.4) is 0 Å². The second kappa shape index (κ2) is 5.64. The van der Waals surface area contributed by atoms with Crippen molar-refractivity contribution in [1.82, 2.24) is 15.5 Å². The molecule has 1 aliphatic carbocycles. The summed E-state index contributed by atoms with van der Waals surface area (Å²) in [5.41, 5.74) is 2.37. The number of aryl methyl sites for hydroxylation is 1. The summed E-state index contributed by atoms with van der Waals surface area (Å²) in [7, 11) is 0. The van der Waals surface area contributed by atoms with Crippen LogP contribution in [0.4, 0.5) is 0 Å². The van der Waals surface area contributed by atoms with E-state index < -0.39 is 0 Å². The predicted molar refractivity (Wildman–Crippen MR) is 93.6 cm³/mol. The van der Waals surface area contributed by atoms with Gasteiger partial charge in [-0.25, -0.2) is 4.98 Å². The quantitative estimate of drug-likeness (QED) is 0.781. The number of pyridine rings is 1. The first-order chi connectivity index (χ1) is 12.2. The summed E-state index contributed by atoms with van der Waals surface area (Å²) in [6.07, 6.45) is 2.49. The molecule has 1 saturated carbocycles. The molecule has 1 N–H and O–H groups in total. The van der Waals surface area contributed by atoms with Crippen LogP contribution in [-0.2, 0) is 4.74 Å². The molecular formula is C18H17N3O3S. The van der Waals surface area contributed by atoms with Gasteiger partial charge in [-0.3, -0.25) is 4.79 Å². The Balaban J connectivity index is 1.54. The number of hydrogen-bond acceptors (Lipinski definition) is 6. The number of aromatic nitrogens is 2. The van der Waals surface area contributed by atoms with E-state index in [1.165, 1.54) is 0 Å². The minimum Gasteiger partial charge on any atom is -0.376 e. The molecule has 2 aliphatic heterocycles. The van der Waals surface area contributed by atoms with Crippen LogP contribution < -0.4 is 5.32 Å². The Labute approximate surface area is 148 Å². The number of thiophene rings is 1. The summed E-state index contributed by atoms with van der Waals surface area (Å²) in [4.78, 5) is 18.5. The Morgan fingerprint density at radius 2 is 2.28 bits per heavy atom. The van der Waals surface area contributed by atoms with Crippen LogP contribution in [0.1, 0.15) is 28.9 Å². The van der Waals surface area contributed by atoms with Crippen LogP contribution in [0.2, 0.25) is 0 Å². The van der Waals surface area contributed by atoms with Gasteiger partial charge >= 0.3 is 0 Å². The largest absolute Gasteiger partial charge is 0.376 e. The molecule has 3 fully saturated rings. The van der Waals surface area contributed by atoms with E-state index in [0.29, 0.717) is 41.0 Å². The fourth-order valence-electron chi connectivity index (χ4n) is 3.68. The molecule has 0 aromatic carbocycles. The number of rotatable bonds is 3. The van der Waals surface area contributed by atoms with E-state index >= 15 is 0 Å². The third-order valence-corrected chi connectivity index (χ3v) is 6.06. The maximum Gasteiger partial charge on any atom is 0.259 e. The topological polar surface area (TPSA) is 77.2 Å². The number of carbonyl (C=O) groups excluding carboxylic acids is 1. The maximum absolute atomic E-state index is 13.0. The molecule has 3 aromatic heterocycles. The minimum absolute atomic E-state index is 0.0751. The van der Waals surface area contributed by atoms with Gasteiger partial charge in [0.05, 0.1) is 46.0 Å². The van der Waals surface area contributed by atoms with Gasteiger partial charge in [0, 0.05) is 0 Å². The SMILES string of the molecule is Cc1noc2nc(-c3cccs3)cc(C(=O)NC3COC4CC3C4)c12. The summed E-state index contributed by atoms with van der Waals surface area (Å²) in [5.74, 6) is 0.413. The summed E-state index contributed by atoms with van der Waals surface area (Å²) in [6.45, 7) is 2.42. The third-order valence-electron chi connectivity index (χ3n) is 5.16. The molecule has 6 rings (SSSR count). The van der Waals surface area contributed by atoms with E-state index in [9.17, 15) is 4.79 Å². The first-order valence-electron chi connectivity index (χ1n) is 8.42. The van der Waals surface area contributed by atoms with E-state index in [1.807, 2.05) is 30.5 Å². The predicted octanol–water partition coefficient (Wildman–Crippen LogP) is 3.17. The van der Waals surface area contributed by atoms with Gasteiger partial charge in [0.25, 0.3) is 11.6 Å². The van der Waals surface area contributed by atoms with Crippen LogP contribution in [-0.4, -0.2) is 34.8 Å². The van der Waals surface area contributed by atoms with Crippen LogP contribution in [0.5, 0.6) is 0 Å². The summed E-state index contributed by atoms with van der Waals surface area (Å²) in [6, 6.07) is 5.85. The van der Waals surface area contributed by atoms with Gasteiger partial charge in [-0.1, -0.05) is 11.2 Å². The highest BCUT2D eigenvalue weighted by Gasteiger charge is 2.41. The van der Waals surface area contributed by atoms with Crippen molar-refractivity contribution in [1.29, 1.82) is 0 Å². The minimum atomic E-state index is -0.115. The smallest absolute Gasteiger partial charge is 0.259 e. The van der Waals surface area contributed by atoms with Crippen molar-refractivity contribution >= 4 is 28.3 Å². The molecule has 1 amide bonds. The fraction of sp³-hybridized carbons (Fsp3) is 0.389. The van der Waals surface area contributed by atoms with Crippen molar-refractivity contribution in [2.24, 2.45) is 5.92 Å². The molecule has 6 nitrogen and oxygen atoms in total. The third kappa shape index (κ3) is 2.46. The molecule has 3 aromatic rings. The van der Waals surface area contributed by atoms with E-state index in [2.05, 4.69) is 15.5 Å². The Kier molecular flexibility index (Phi) is 3.39. The highest BCUT2D eigenvalue weighted by molar-refractivity contribution is 7.13. The zero-order valence-electron chi connectivity index (χ0n) is 13.7. The van der Waals surface area contributed by atoms with Gasteiger partial charge in [-0.05, 0) is 43.2 Å². The molecule has 25 heavy (non-hydrogen) atoms. The Bertz CT molecular complexity index is 941. The van der Waals surface area contributed by atoms with Crippen molar-refractivity contribution < 1.29 is 14.1 Å². The zero-order valence-corrected chi connectivity index (χ0v) is 14.5. The van der Waals surface area contributed by atoms with E-state index in [0.717, 1.165) is 23.4 Å². The number of carbonyl (C=O) groups is 1. The van der Waals surface area contributed by atoms with Gasteiger partial charge in [0.2, 0.25) is 0 Å². The van der Waals surface area contributed by atoms with Crippen LogP contribution in [0, 0.1) is 12.8 Å². The first-order valence-corrected chi connectivity index (χ1v) is 9.30. The Morgan fingerprint density at radius 3 is 3.00 bits per heavy atom. The standard InChI is InChI=1S/C18H17N3O3S/c1-9-16-12(17(22)19-14-8-23-11-5-10(14)6-11)7-13(15-3-2-4-25-15)20-18(16)24-21-9/h2-4,7,10-11,14H,5-6,8H2,1H3,(H,19,22). The lowest BCUT2D eigenvalue weighted by Crippen LogP contribution is -2.55. The fourth-order valence-corrected chi connectivity index (χ4v) is 4.36. The number of nitrogens with zero attached hydrogens (tertiary/aromatic N) is 2. The van der Waals surface area contributed by atoms with E-state index in [4.69, 9.17) is 9.26 Å². The molecule has 1 unspecified atom stereocenters. The molecule has 128 valence electrons. The number of nitrogens with one attached hydrogen (secondary N) is 1. The molecule has 5 heterocycles. The second-order valence-corrected chi connectivity index (χ2v) is 7.69. The van der Waals surface area contributed by atoms with E-state index in [1.54, 1.807) is 11.3 Å². The van der Waals surface area contributed by atoms with E-state index in [-0.39, 0.29) is 11.9 Å². The Hall–Kier alpha value is -2.25. The molecule has 0 spiro atoms. The molecule has 0 radical (unpaired) electrons. The van der Waals surface area contributed by atoms with Gasteiger partial charge in [0.1, 0.15) is 0 Å². The lowest BCUT2D eigenvalue weighted by molar-refractivity contribution is -0.108. The van der Waals surface area contributed by atoms with Gasteiger partial charge in [0.15, 0.2) is 0 Å². The normalized spacial score (nSPS) is 24.9. The number of ether oxygens (including phenoxy) is 1. The van der Waals surface area contributed by atoms with Crippen molar-refractivity contribution in [2.45, 2.75) is 31.9 Å². The zero-order chi connectivity index (χ0) is 17.0.